The summed E-state index contributed by atoms with van der Waals surface area (Å²) in [6.45, 7) is 4.49. The summed E-state index contributed by atoms with van der Waals surface area (Å²) in [5.41, 5.74) is 4.23. The van der Waals surface area contributed by atoms with Gasteiger partial charge in [0.05, 0.1) is 23.5 Å². The number of halogens is 1. The van der Waals surface area contributed by atoms with Gasteiger partial charge < -0.3 is 15.5 Å². The van der Waals surface area contributed by atoms with Crippen LogP contribution in [0.1, 0.15) is 41.1 Å². The zero-order chi connectivity index (χ0) is 25.2. The molecular weight excluding hydrogens is 495 g/mol. The normalized spacial score (nSPS) is 17.3. The third kappa shape index (κ3) is 4.61. The molecule has 0 unspecified atom stereocenters. The number of rotatable bonds is 7. The summed E-state index contributed by atoms with van der Waals surface area (Å²) in [5, 5.41) is 9.49. The van der Waals surface area contributed by atoms with Gasteiger partial charge in [0.2, 0.25) is 5.91 Å². The molecule has 1 saturated heterocycles. The highest BCUT2D eigenvalue weighted by Crippen LogP contribution is 2.41. The van der Waals surface area contributed by atoms with Crippen molar-refractivity contribution >= 4 is 40.3 Å². The summed E-state index contributed by atoms with van der Waals surface area (Å²) >= 11 is 7.31. The molecule has 1 aromatic carbocycles. The first kappa shape index (κ1) is 24.1. The topological polar surface area (TPSA) is 75.1 Å². The van der Waals surface area contributed by atoms with E-state index in [4.69, 9.17) is 12.2 Å². The van der Waals surface area contributed by atoms with Crippen LogP contribution in [0.25, 0.3) is 5.13 Å². The van der Waals surface area contributed by atoms with Gasteiger partial charge in [-0.2, -0.15) is 0 Å². The Kier molecular flexibility index (Phi) is 6.80. The zero-order valence-corrected chi connectivity index (χ0v) is 21.4. The largest absolute Gasteiger partial charge is 0.352 e. The molecule has 7 nitrogen and oxygen atoms in total. The van der Waals surface area contributed by atoms with Crippen LogP contribution in [0.15, 0.2) is 66.3 Å². The second-order valence-electron chi connectivity index (χ2n) is 8.57. The lowest BCUT2D eigenvalue weighted by Crippen LogP contribution is -2.33. The Bertz CT molecular complexity index is 1390. The molecule has 36 heavy (non-hydrogen) atoms. The van der Waals surface area contributed by atoms with Crippen molar-refractivity contribution in [3.05, 3.63) is 94.8 Å². The van der Waals surface area contributed by atoms with Crippen LogP contribution in [0.3, 0.4) is 0 Å². The van der Waals surface area contributed by atoms with Crippen LogP contribution in [0.4, 0.5) is 10.1 Å². The Morgan fingerprint density at radius 3 is 2.69 bits per heavy atom. The highest BCUT2D eigenvalue weighted by Gasteiger charge is 2.41. The maximum atomic E-state index is 14.0. The first-order chi connectivity index (χ1) is 17.4. The van der Waals surface area contributed by atoms with Crippen LogP contribution in [-0.4, -0.2) is 37.0 Å². The van der Waals surface area contributed by atoms with E-state index in [-0.39, 0.29) is 30.1 Å². The van der Waals surface area contributed by atoms with Crippen LogP contribution < -0.4 is 10.6 Å². The number of amides is 1. The zero-order valence-electron chi connectivity index (χ0n) is 19.8. The van der Waals surface area contributed by atoms with Crippen molar-refractivity contribution in [3.8, 4) is 5.13 Å². The average molecular weight is 521 g/mol. The van der Waals surface area contributed by atoms with Crippen LogP contribution in [0.5, 0.6) is 0 Å². The van der Waals surface area contributed by atoms with Gasteiger partial charge in [0, 0.05) is 42.1 Å². The first-order valence-electron chi connectivity index (χ1n) is 11.5. The fourth-order valence-electron chi connectivity index (χ4n) is 4.69. The molecule has 5 rings (SSSR count). The number of nitrogens with zero attached hydrogens (tertiary/aromatic N) is 4. The van der Waals surface area contributed by atoms with E-state index in [2.05, 4.69) is 45.1 Å². The van der Waals surface area contributed by atoms with Crippen molar-refractivity contribution in [3.63, 3.8) is 0 Å². The molecule has 0 saturated carbocycles. The predicted octanol–water partition coefficient (Wildman–Crippen LogP) is 5.09. The summed E-state index contributed by atoms with van der Waals surface area (Å²) in [6, 6.07) is 13.7. The van der Waals surface area contributed by atoms with E-state index in [0.717, 1.165) is 27.8 Å². The van der Waals surface area contributed by atoms with E-state index < -0.39 is 5.82 Å². The SMILES string of the molecule is Cc1cc([C@H]2[C@H](c3ccccn3)NC(=S)N2CCC(=O)Nc2ccccc2F)c(C)n1-c1nccs1. The van der Waals surface area contributed by atoms with E-state index in [9.17, 15) is 9.18 Å². The summed E-state index contributed by atoms with van der Waals surface area (Å²) in [6.07, 6.45) is 3.70. The van der Waals surface area contributed by atoms with Gasteiger partial charge in [-0.1, -0.05) is 18.2 Å². The number of hydrogen-bond acceptors (Lipinski definition) is 5. The minimum absolute atomic E-state index is 0.146. The molecule has 184 valence electrons. The number of benzene rings is 1. The second-order valence-corrected chi connectivity index (χ2v) is 9.83. The Morgan fingerprint density at radius 1 is 1.17 bits per heavy atom. The van der Waals surface area contributed by atoms with Gasteiger partial charge in [0.25, 0.3) is 0 Å². The Labute approximate surface area is 218 Å². The van der Waals surface area contributed by atoms with E-state index in [1.165, 1.54) is 6.07 Å². The molecule has 2 N–H and O–H groups in total. The highest BCUT2D eigenvalue weighted by molar-refractivity contribution is 7.80. The smallest absolute Gasteiger partial charge is 0.226 e. The molecule has 10 heteroatoms. The Morgan fingerprint density at radius 2 is 1.97 bits per heavy atom. The monoisotopic (exact) mass is 520 g/mol. The van der Waals surface area contributed by atoms with Gasteiger partial charge in [-0.3, -0.25) is 14.3 Å². The number of hydrogen-bond donors (Lipinski definition) is 2. The van der Waals surface area contributed by atoms with E-state index in [1.54, 1.807) is 41.9 Å². The molecule has 3 aromatic heterocycles. The van der Waals surface area contributed by atoms with Crippen molar-refractivity contribution in [2.45, 2.75) is 32.4 Å². The number of aromatic nitrogens is 3. The predicted molar refractivity (Wildman–Crippen MR) is 143 cm³/mol. The van der Waals surface area contributed by atoms with Crippen molar-refractivity contribution in [2.75, 3.05) is 11.9 Å². The minimum Gasteiger partial charge on any atom is -0.352 e. The highest BCUT2D eigenvalue weighted by atomic mass is 32.1. The fourth-order valence-corrected chi connectivity index (χ4v) is 5.77. The van der Waals surface area contributed by atoms with Crippen LogP contribution in [0.2, 0.25) is 0 Å². The molecule has 4 heterocycles. The number of para-hydroxylation sites is 1. The molecule has 0 aliphatic carbocycles. The second kappa shape index (κ2) is 10.2. The number of anilines is 1. The number of pyridine rings is 1. The summed E-state index contributed by atoms with van der Waals surface area (Å²) in [7, 11) is 0. The van der Waals surface area contributed by atoms with Gasteiger partial charge >= 0.3 is 0 Å². The summed E-state index contributed by atoms with van der Waals surface area (Å²) in [4.78, 5) is 23.8. The van der Waals surface area contributed by atoms with Crippen LogP contribution in [-0.2, 0) is 4.79 Å². The molecular formula is C26H25FN6OS2. The van der Waals surface area contributed by atoms with Crippen LogP contribution in [0, 0.1) is 19.7 Å². The van der Waals surface area contributed by atoms with E-state index >= 15 is 0 Å². The lowest BCUT2D eigenvalue weighted by molar-refractivity contribution is -0.116. The fraction of sp³-hybridized carbons (Fsp3) is 0.231. The molecule has 4 aromatic rings. The quantitative estimate of drug-likeness (QED) is 0.331. The van der Waals surface area contributed by atoms with E-state index in [0.29, 0.717) is 11.7 Å². The number of aryl methyl sites for hydroxylation is 1. The molecule has 0 radical (unpaired) electrons. The molecule has 0 bridgehead atoms. The van der Waals surface area contributed by atoms with Gasteiger partial charge in [-0.25, -0.2) is 9.37 Å². The lowest BCUT2D eigenvalue weighted by atomic mass is 9.96. The van der Waals surface area contributed by atoms with Gasteiger partial charge in [0.15, 0.2) is 10.2 Å². The molecule has 1 fully saturated rings. The van der Waals surface area contributed by atoms with Gasteiger partial charge in [-0.05, 0) is 62.0 Å². The maximum Gasteiger partial charge on any atom is 0.226 e. The van der Waals surface area contributed by atoms with Crippen molar-refractivity contribution in [2.24, 2.45) is 0 Å². The lowest BCUT2D eigenvalue weighted by Gasteiger charge is -2.28. The minimum atomic E-state index is -0.466. The molecule has 1 amide bonds. The number of thiazole rings is 1. The third-order valence-corrected chi connectivity index (χ3v) is 7.43. The molecule has 1 aliphatic rings. The molecule has 2 atom stereocenters. The summed E-state index contributed by atoms with van der Waals surface area (Å²) < 4.78 is 16.1. The summed E-state index contributed by atoms with van der Waals surface area (Å²) in [5.74, 6) is -0.747. The van der Waals surface area contributed by atoms with E-state index in [1.807, 2.05) is 28.5 Å². The maximum absolute atomic E-state index is 14.0. The Balaban J connectivity index is 1.46. The number of carbonyl (C=O) groups is 1. The number of nitrogens with one attached hydrogen (secondary N) is 2. The number of thiocarbonyl (C=S) groups is 1. The molecule has 0 spiro atoms. The molecule has 1 aliphatic heterocycles. The number of carbonyl (C=O) groups excluding carboxylic acids is 1. The van der Waals surface area contributed by atoms with Crippen molar-refractivity contribution < 1.29 is 9.18 Å². The average Bonchev–Trinajstić information content (AvgIpc) is 3.58. The third-order valence-electron chi connectivity index (χ3n) is 6.32. The van der Waals surface area contributed by atoms with Crippen LogP contribution >= 0.6 is 23.6 Å². The Hall–Kier alpha value is -3.63. The van der Waals surface area contributed by atoms with Gasteiger partial charge in [0.1, 0.15) is 5.82 Å². The van der Waals surface area contributed by atoms with Gasteiger partial charge in [-0.15, -0.1) is 11.3 Å². The van der Waals surface area contributed by atoms with Crippen molar-refractivity contribution in [1.82, 2.24) is 24.8 Å². The first-order valence-corrected chi connectivity index (χ1v) is 12.8. The standard InChI is InChI=1S/C26H25FN6OS2/c1-16-15-18(17(2)33(16)26-29-12-14-36-26)24-23(21-9-5-6-11-28-21)31-25(35)32(24)13-10-22(34)30-20-8-4-3-7-19(20)27/h3-9,11-12,14-15,23-24H,10,13H2,1-2H3,(H,30,34)(H,31,35)/t23-,24-/m0/s1. The van der Waals surface area contributed by atoms with Crippen molar-refractivity contribution in [1.29, 1.82) is 0 Å².